The van der Waals surface area contributed by atoms with Gasteiger partial charge >= 0.3 is 0 Å². The fraction of sp³-hybridized carbons (Fsp3) is 0.378. The molecule has 0 atom stereocenters. The lowest BCUT2D eigenvalue weighted by atomic mass is 9.64. The molecule has 3 spiro atoms. The molecule has 3 saturated carbocycles. The maximum absolute atomic E-state index is 2.48. The van der Waals surface area contributed by atoms with E-state index in [9.17, 15) is 0 Å². The van der Waals surface area contributed by atoms with Crippen LogP contribution in [0.4, 0.5) is 0 Å². The van der Waals surface area contributed by atoms with Gasteiger partial charge in [0, 0.05) is 51.6 Å². The average Bonchev–Trinajstić information content (AvgIpc) is 4.02. The van der Waals surface area contributed by atoms with Gasteiger partial charge in [-0.2, -0.15) is 0 Å². The molecule has 3 nitrogen and oxygen atoms in total. The predicted molar refractivity (Wildman–Crippen MR) is 353 cm³/mol. The van der Waals surface area contributed by atoms with E-state index in [-0.39, 0.29) is 0 Å². The van der Waals surface area contributed by atoms with E-state index in [1.807, 2.05) is 0 Å². The van der Waals surface area contributed by atoms with E-state index < -0.39 is 0 Å². The second-order valence-electron chi connectivity index (χ2n) is 27.8. The molecule has 3 aromatic heterocycles. The van der Waals surface area contributed by atoms with Crippen LogP contribution in [0.2, 0.25) is 0 Å². The van der Waals surface area contributed by atoms with E-state index in [2.05, 4.69) is 239 Å². The number of aromatic nitrogens is 3. The molecule has 6 aliphatic carbocycles. The van der Waals surface area contributed by atoms with Crippen LogP contribution in [0, 0.1) is 43.9 Å². The van der Waals surface area contributed by atoms with Crippen molar-refractivity contribution in [3.05, 3.63) is 232 Å². The van der Waals surface area contributed by atoms with E-state index in [0.717, 1.165) is 0 Å². The van der Waals surface area contributed by atoms with Gasteiger partial charge in [-0.05, 0) is 236 Å². The summed E-state index contributed by atoms with van der Waals surface area (Å²) in [6.07, 6.45) is 36.1. The van der Waals surface area contributed by atoms with Crippen LogP contribution in [0.5, 0.6) is 0 Å². The van der Waals surface area contributed by atoms with Crippen molar-refractivity contribution in [2.45, 2.75) is 163 Å². The minimum Gasteiger partial charge on any atom is -0.200 e. The van der Waals surface area contributed by atoms with Gasteiger partial charge < -0.3 is 0 Å². The summed E-state index contributed by atoms with van der Waals surface area (Å²) in [7, 11) is 6.50. The molecule has 6 aromatic carbocycles. The van der Waals surface area contributed by atoms with E-state index in [0.29, 0.717) is 16.2 Å². The summed E-state index contributed by atoms with van der Waals surface area (Å²) in [6, 6.07) is 59.1. The standard InChI is InChI=1S/C28H32N.2C27H30N/c1-21-8-4-5-9-26(21)27-13-12-25(20-29(27)2)22-10-11-24-19-28(15-6-3-7-16-28)17-14-23(24)18-22;1-19-8-4-5-9-24(19)26-14-20(2)25(18-28(26)3)21-10-11-22-16-27(12-6-7-13-27)17-23(22)15-21;1-20-7-3-4-8-25(20)26-12-11-24(19-28(26)2)21-9-10-23-18-27(14-5-6-15-27)16-13-22(23)17-21/h4-5,8-13,18,20H,3,6-7,14-17,19H2,1-2H3;4-5,8-11,14-15,18H,6-7,12-13,16-17H2,1-3H3;3-4,7-12,17,19H,5-6,13-16,18H2,1-2H3/q3*+1. The van der Waals surface area contributed by atoms with Crippen molar-refractivity contribution in [2.24, 2.45) is 37.4 Å². The zero-order valence-electron chi connectivity index (χ0n) is 52.4. The van der Waals surface area contributed by atoms with Crippen molar-refractivity contribution >= 4 is 0 Å². The van der Waals surface area contributed by atoms with Crippen LogP contribution in [0.25, 0.3) is 67.2 Å². The van der Waals surface area contributed by atoms with E-state index in [1.54, 1.807) is 33.4 Å². The van der Waals surface area contributed by atoms with Crippen molar-refractivity contribution in [3.8, 4) is 67.2 Å². The van der Waals surface area contributed by atoms with Crippen molar-refractivity contribution in [1.82, 2.24) is 0 Å². The normalized spacial score (nSPS) is 17.6. The monoisotopic (exact) mass is 1120 g/mol. The van der Waals surface area contributed by atoms with Gasteiger partial charge in [-0.25, -0.2) is 13.7 Å². The molecule has 3 heterocycles. The number of hydrogen-bond acceptors (Lipinski definition) is 0. The molecule has 9 aromatic rings. The van der Waals surface area contributed by atoms with Gasteiger partial charge in [0.15, 0.2) is 18.6 Å². The summed E-state index contributed by atoms with van der Waals surface area (Å²) in [4.78, 5) is 0. The number of benzene rings is 6. The number of nitrogens with zero attached hydrogens (tertiary/aromatic N) is 3. The smallest absolute Gasteiger partial charge is 0.200 e. The van der Waals surface area contributed by atoms with Crippen LogP contribution in [-0.2, 0) is 59.7 Å². The number of pyridine rings is 3. The summed E-state index contributed by atoms with van der Waals surface area (Å²) >= 11 is 0. The van der Waals surface area contributed by atoms with Crippen LogP contribution in [-0.4, -0.2) is 0 Å². The van der Waals surface area contributed by atoms with Crippen LogP contribution < -0.4 is 13.7 Å². The van der Waals surface area contributed by atoms with Gasteiger partial charge in [0.2, 0.25) is 17.1 Å². The summed E-state index contributed by atoms with van der Waals surface area (Å²) < 4.78 is 6.83. The zero-order valence-corrected chi connectivity index (χ0v) is 52.4. The van der Waals surface area contributed by atoms with Crippen molar-refractivity contribution in [2.75, 3.05) is 0 Å². The Morgan fingerprint density at radius 1 is 0.271 bits per heavy atom. The van der Waals surface area contributed by atoms with Crippen LogP contribution in [0.15, 0.2) is 176 Å². The molecular weight excluding hydrogens is 1030 g/mol. The van der Waals surface area contributed by atoms with Gasteiger partial charge in [-0.3, -0.25) is 0 Å². The largest absolute Gasteiger partial charge is 0.212 e. The third-order valence-corrected chi connectivity index (χ3v) is 22.0. The molecule has 3 heteroatoms. The first-order valence-corrected chi connectivity index (χ1v) is 32.9. The lowest BCUT2D eigenvalue weighted by Gasteiger charge is -2.41. The van der Waals surface area contributed by atoms with Gasteiger partial charge in [-0.15, -0.1) is 0 Å². The van der Waals surface area contributed by atoms with Crippen LogP contribution in [0.1, 0.15) is 152 Å². The van der Waals surface area contributed by atoms with Gasteiger partial charge in [0.25, 0.3) is 0 Å². The Hall–Kier alpha value is -7.23. The van der Waals surface area contributed by atoms with Crippen LogP contribution >= 0.6 is 0 Å². The molecule has 3 fully saturated rings. The van der Waals surface area contributed by atoms with E-state index >= 15 is 0 Å². The highest BCUT2D eigenvalue weighted by molar-refractivity contribution is 5.72. The zero-order chi connectivity index (χ0) is 58.3. The lowest BCUT2D eigenvalue weighted by Crippen LogP contribution is -2.31. The molecule has 0 N–H and O–H groups in total. The molecule has 0 amide bonds. The summed E-state index contributed by atoms with van der Waals surface area (Å²) in [5.74, 6) is 0. The molecule has 6 aliphatic rings. The fourth-order valence-corrected chi connectivity index (χ4v) is 17.0. The van der Waals surface area contributed by atoms with Gasteiger partial charge in [0.05, 0.1) is 0 Å². The molecule has 432 valence electrons. The molecule has 0 saturated heterocycles. The highest BCUT2D eigenvalue weighted by Crippen LogP contribution is 2.51. The minimum absolute atomic E-state index is 0.593. The quantitative estimate of drug-likeness (QED) is 0.147. The predicted octanol–water partition coefficient (Wildman–Crippen LogP) is 18.9. The third kappa shape index (κ3) is 11.8. The number of aryl methyl sites for hydroxylation is 9. The lowest BCUT2D eigenvalue weighted by molar-refractivity contribution is -0.660. The number of hydrogen-bond donors (Lipinski definition) is 0. The molecule has 0 bridgehead atoms. The van der Waals surface area contributed by atoms with Crippen molar-refractivity contribution < 1.29 is 13.7 Å². The maximum Gasteiger partial charge on any atom is 0.212 e. The minimum atomic E-state index is 0.593. The molecule has 85 heavy (non-hydrogen) atoms. The summed E-state index contributed by atoms with van der Waals surface area (Å²) in [5, 5.41) is 0. The molecule has 0 radical (unpaired) electrons. The average molecular weight is 1120 g/mol. The van der Waals surface area contributed by atoms with E-state index in [4.69, 9.17) is 0 Å². The summed E-state index contributed by atoms with van der Waals surface area (Å²) in [5.41, 5.74) is 32.6. The highest BCUT2D eigenvalue weighted by atomic mass is 14.9. The van der Waals surface area contributed by atoms with Crippen molar-refractivity contribution in [1.29, 1.82) is 0 Å². The Morgan fingerprint density at radius 2 is 0.635 bits per heavy atom. The first-order chi connectivity index (χ1) is 41.3. The Bertz CT molecular complexity index is 3930. The SMILES string of the molecule is Cc1cc(-c2ccccc2C)[n+](C)cc1-c1ccc2c(c1)CC1(CCCC1)C2.Cc1ccccc1-c1ccc(-c2ccc3c(c2)CCC2(CCCC2)C3)c[n+]1C.Cc1ccccc1-c1ccc(-c2ccc3c(c2)CCC2(CCCCC2)C3)c[n+]1C. The topological polar surface area (TPSA) is 11.6 Å². The van der Waals surface area contributed by atoms with E-state index in [1.165, 1.54) is 224 Å². The van der Waals surface area contributed by atoms with Gasteiger partial charge in [-0.1, -0.05) is 154 Å². The third-order valence-electron chi connectivity index (χ3n) is 22.0. The Morgan fingerprint density at radius 3 is 1.11 bits per heavy atom. The van der Waals surface area contributed by atoms with Crippen LogP contribution in [0.3, 0.4) is 0 Å². The summed E-state index contributed by atoms with van der Waals surface area (Å²) in [6.45, 7) is 8.82. The number of rotatable bonds is 6. The second kappa shape index (κ2) is 23.9. The number of fused-ring (bicyclic) bond motifs is 3. The molecular formula is C82H92N3+3. The highest BCUT2D eigenvalue weighted by Gasteiger charge is 2.40. The first-order valence-electron chi connectivity index (χ1n) is 32.9. The second-order valence-corrected chi connectivity index (χ2v) is 27.8. The van der Waals surface area contributed by atoms with Crippen molar-refractivity contribution in [3.63, 3.8) is 0 Å². The maximum atomic E-state index is 2.48. The Kier molecular flexibility index (Phi) is 16.0. The fourth-order valence-electron chi connectivity index (χ4n) is 17.0. The Balaban J connectivity index is 0.000000119. The molecule has 0 unspecified atom stereocenters. The molecule has 15 rings (SSSR count). The molecule has 0 aliphatic heterocycles. The first kappa shape index (κ1) is 56.9. The Labute approximate surface area is 509 Å². The van der Waals surface area contributed by atoms with Gasteiger partial charge in [0.1, 0.15) is 21.1 Å².